The Labute approximate surface area is 148 Å². The Balaban J connectivity index is 1.71. The maximum atomic E-state index is 12.2. The highest BCUT2D eigenvalue weighted by atomic mass is 16.2. The second-order valence-electron chi connectivity index (χ2n) is 6.20. The predicted octanol–water partition coefficient (Wildman–Crippen LogP) is 2.33. The fraction of sp³-hybridized carbons (Fsp3) is 0.100. The lowest BCUT2D eigenvalue weighted by molar-refractivity contribution is -0.120. The molecule has 1 aromatic heterocycles. The van der Waals surface area contributed by atoms with E-state index in [2.05, 4.69) is 10.2 Å². The summed E-state index contributed by atoms with van der Waals surface area (Å²) in [6.45, 7) is 1.63. The Bertz CT molecular complexity index is 1140. The van der Waals surface area contributed by atoms with Crippen molar-refractivity contribution < 1.29 is 9.59 Å². The molecule has 2 heterocycles. The van der Waals surface area contributed by atoms with Crippen molar-refractivity contribution in [2.75, 3.05) is 4.90 Å². The van der Waals surface area contributed by atoms with Gasteiger partial charge in [-0.05, 0) is 30.7 Å². The summed E-state index contributed by atoms with van der Waals surface area (Å²) in [5, 5.41) is 8.06. The van der Waals surface area contributed by atoms with Gasteiger partial charge in [-0.25, -0.2) is 10.00 Å². The molecule has 0 fully saturated rings. The van der Waals surface area contributed by atoms with E-state index >= 15 is 0 Å². The van der Waals surface area contributed by atoms with Crippen LogP contribution in [0.1, 0.15) is 18.2 Å². The van der Waals surface area contributed by atoms with E-state index in [-0.39, 0.29) is 17.4 Å². The molecular weight excluding hydrogens is 330 g/mol. The van der Waals surface area contributed by atoms with E-state index in [1.807, 2.05) is 24.3 Å². The van der Waals surface area contributed by atoms with Crippen LogP contribution in [0.25, 0.3) is 10.8 Å². The SMILES string of the molecule is CC1=CC(=O)N(c2cccc(Cc3n[nH]c(=O)c4ccccc34)c2)C1=O. The number of imide groups is 1. The highest BCUT2D eigenvalue weighted by Gasteiger charge is 2.29. The van der Waals surface area contributed by atoms with Crippen LogP contribution in [0, 0.1) is 0 Å². The van der Waals surface area contributed by atoms with Crippen LogP contribution >= 0.6 is 0 Å². The van der Waals surface area contributed by atoms with Crippen LogP contribution in [0.15, 0.2) is 65.0 Å². The maximum Gasteiger partial charge on any atom is 0.272 e. The third-order valence-electron chi connectivity index (χ3n) is 4.42. The second-order valence-corrected chi connectivity index (χ2v) is 6.20. The van der Waals surface area contributed by atoms with Gasteiger partial charge in [0.2, 0.25) is 0 Å². The number of nitrogens with zero attached hydrogens (tertiary/aromatic N) is 2. The van der Waals surface area contributed by atoms with Crippen LogP contribution in [0.4, 0.5) is 5.69 Å². The van der Waals surface area contributed by atoms with Gasteiger partial charge in [-0.3, -0.25) is 14.4 Å². The molecule has 1 aliphatic rings. The quantitative estimate of drug-likeness (QED) is 0.739. The minimum absolute atomic E-state index is 0.229. The van der Waals surface area contributed by atoms with Gasteiger partial charge in [0.1, 0.15) is 0 Å². The van der Waals surface area contributed by atoms with Gasteiger partial charge in [-0.2, -0.15) is 5.10 Å². The van der Waals surface area contributed by atoms with Gasteiger partial charge in [0.05, 0.1) is 16.8 Å². The van der Waals surface area contributed by atoms with Crippen molar-refractivity contribution in [2.45, 2.75) is 13.3 Å². The summed E-state index contributed by atoms with van der Waals surface area (Å²) in [5.74, 6) is -0.642. The molecule has 1 N–H and O–H groups in total. The molecule has 0 unspecified atom stereocenters. The minimum atomic E-state index is -0.336. The minimum Gasteiger partial charge on any atom is -0.269 e. The zero-order chi connectivity index (χ0) is 18.3. The number of hydrogen-bond donors (Lipinski definition) is 1. The third kappa shape index (κ3) is 2.61. The summed E-state index contributed by atoms with van der Waals surface area (Å²) < 4.78 is 0. The molecule has 6 heteroatoms. The van der Waals surface area contributed by atoms with Gasteiger partial charge < -0.3 is 0 Å². The van der Waals surface area contributed by atoms with E-state index in [1.165, 1.54) is 6.08 Å². The number of carbonyl (C=O) groups excluding carboxylic acids is 2. The summed E-state index contributed by atoms with van der Waals surface area (Å²) in [6.07, 6.45) is 1.81. The normalized spacial score (nSPS) is 14.2. The first kappa shape index (κ1) is 16.0. The molecule has 0 saturated carbocycles. The number of aromatic nitrogens is 2. The summed E-state index contributed by atoms with van der Waals surface area (Å²) in [7, 11) is 0. The van der Waals surface area contributed by atoms with Crippen molar-refractivity contribution in [3.63, 3.8) is 0 Å². The van der Waals surface area contributed by atoms with E-state index in [0.29, 0.717) is 23.1 Å². The monoisotopic (exact) mass is 345 g/mol. The molecule has 0 atom stereocenters. The molecule has 2 aromatic carbocycles. The van der Waals surface area contributed by atoms with E-state index in [0.717, 1.165) is 21.5 Å². The zero-order valence-corrected chi connectivity index (χ0v) is 14.0. The van der Waals surface area contributed by atoms with E-state index in [1.54, 1.807) is 31.2 Å². The van der Waals surface area contributed by atoms with Crippen molar-refractivity contribution in [2.24, 2.45) is 0 Å². The average molecular weight is 345 g/mol. The fourth-order valence-corrected chi connectivity index (χ4v) is 3.14. The Morgan fingerprint density at radius 2 is 1.77 bits per heavy atom. The molecule has 0 aliphatic carbocycles. The molecule has 128 valence electrons. The highest BCUT2D eigenvalue weighted by molar-refractivity contribution is 6.30. The Kier molecular flexibility index (Phi) is 3.73. The van der Waals surface area contributed by atoms with Crippen molar-refractivity contribution in [1.82, 2.24) is 10.2 Å². The van der Waals surface area contributed by atoms with Gasteiger partial charge >= 0.3 is 0 Å². The molecule has 0 spiro atoms. The number of hydrogen-bond acceptors (Lipinski definition) is 4. The van der Waals surface area contributed by atoms with Crippen molar-refractivity contribution in [3.8, 4) is 0 Å². The number of rotatable bonds is 3. The molecule has 0 radical (unpaired) electrons. The molecule has 4 rings (SSSR count). The Hall–Kier alpha value is -3.54. The molecule has 0 bridgehead atoms. The first-order valence-corrected chi connectivity index (χ1v) is 8.16. The van der Waals surface area contributed by atoms with Gasteiger partial charge in [-0.1, -0.05) is 30.3 Å². The lowest BCUT2D eigenvalue weighted by Gasteiger charge is -2.15. The standard InChI is InChI=1S/C20H15N3O3/c1-12-9-18(24)23(20(12)26)14-6-4-5-13(10-14)11-17-15-7-2-3-8-16(15)19(25)22-21-17/h2-10H,11H2,1H3,(H,22,25). The predicted molar refractivity (Wildman–Crippen MR) is 97.9 cm³/mol. The number of nitrogens with one attached hydrogen (secondary N) is 1. The molecule has 6 nitrogen and oxygen atoms in total. The number of fused-ring (bicyclic) bond motifs is 1. The summed E-state index contributed by atoms with van der Waals surface area (Å²) in [4.78, 5) is 37.3. The van der Waals surface area contributed by atoms with Crippen molar-refractivity contribution in [1.29, 1.82) is 0 Å². The Morgan fingerprint density at radius 1 is 1.00 bits per heavy atom. The highest BCUT2D eigenvalue weighted by Crippen LogP contribution is 2.25. The zero-order valence-electron chi connectivity index (χ0n) is 14.0. The largest absolute Gasteiger partial charge is 0.272 e. The van der Waals surface area contributed by atoms with Crippen LogP contribution < -0.4 is 10.5 Å². The number of anilines is 1. The smallest absolute Gasteiger partial charge is 0.269 e. The van der Waals surface area contributed by atoms with Crippen molar-refractivity contribution >= 4 is 28.3 Å². The maximum absolute atomic E-state index is 12.2. The molecule has 26 heavy (non-hydrogen) atoms. The van der Waals surface area contributed by atoms with E-state index in [9.17, 15) is 14.4 Å². The second kappa shape index (κ2) is 6.07. The van der Waals surface area contributed by atoms with E-state index < -0.39 is 0 Å². The van der Waals surface area contributed by atoms with E-state index in [4.69, 9.17) is 0 Å². The first-order chi connectivity index (χ1) is 12.5. The molecule has 1 aliphatic heterocycles. The van der Waals surface area contributed by atoms with Crippen LogP contribution in [-0.4, -0.2) is 22.0 Å². The number of aromatic amines is 1. The Morgan fingerprint density at radius 3 is 2.50 bits per heavy atom. The first-order valence-electron chi connectivity index (χ1n) is 8.16. The lowest BCUT2D eigenvalue weighted by Crippen LogP contribution is -2.30. The summed E-state index contributed by atoms with van der Waals surface area (Å²) in [5.41, 5.74) is 2.34. The number of carbonyl (C=O) groups is 2. The average Bonchev–Trinajstić information content (AvgIpc) is 2.90. The fourth-order valence-electron chi connectivity index (χ4n) is 3.14. The number of amides is 2. The van der Waals surface area contributed by atoms with Crippen LogP contribution in [0.2, 0.25) is 0 Å². The topological polar surface area (TPSA) is 83.1 Å². The number of benzene rings is 2. The number of H-pyrrole nitrogens is 1. The summed E-state index contributed by atoms with van der Waals surface area (Å²) in [6, 6.07) is 14.5. The van der Waals surface area contributed by atoms with Crippen LogP contribution in [0.3, 0.4) is 0 Å². The molecule has 3 aromatic rings. The van der Waals surface area contributed by atoms with Crippen molar-refractivity contribution in [3.05, 3.63) is 81.8 Å². The molecule has 2 amide bonds. The van der Waals surface area contributed by atoms with Gasteiger partial charge in [0, 0.05) is 23.5 Å². The van der Waals surface area contributed by atoms with Gasteiger partial charge in [0.15, 0.2) is 0 Å². The van der Waals surface area contributed by atoms with Crippen LogP contribution in [-0.2, 0) is 16.0 Å². The van der Waals surface area contributed by atoms with Gasteiger partial charge in [-0.15, -0.1) is 0 Å². The lowest BCUT2D eigenvalue weighted by atomic mass is 10.0. The molecular formula is C20H15N3O3. The van der Waals surface area contributed by atoms with Crippen LogP contribution in [0.5, 0.6) is 0 Å². The summed E-state index contributed by atoms with van der Waals surface area (Å²) >= 11 is 0. The molecule has 0 saturated heterocycles. The van der Waals surface area contributed by atoms with Gasteiger partial charge in [0.25, 0.3) is 17.4 Å². The third-order valence-corrected chi connectivity index (χ3v) is 4.42.